The Bertz CT molecular complexity index is 571. The Kier molecular flexibility index (Phi) is 5.03. The Morgan fingerprint density at radius 3 is 2.55 bits per heavy atom. The van der Waals surface area contributed by atoms with Gasteiger partial charge >= 0.3 is 5.97 Å². The molecule has 0 aliphatic heterocycles. The standard InChI is InChI=1S/C16H22N2O4/c1-18(2)14-6-4-5-13(14)17-15(20)10-7-11(16(21)22-3)9-12(19)8-10/h7-9,13-14,19H,4-6H2,1-3H3,(H,17,20)/t13-,14-/m1/s1. The molecular weight excluding hydrogens is 284 g/mol. The number of carbonyl (C=O) groups is 2. The SMILES string of the molecule is COC(=O)c1cc(O)cc(C(=O)N[C@@H]2CCC[C@H]2N(C)C)c1. The number of hydrogen-bond acceptors (Lipinski definition) is 5. The molecule has 6 heteroatoms. The average molecular weight is 306 g/mol. The van der Waals surface area contributed by atoms with Crippen molar-refractivity contribution in [3.8, 4) is 5.75 Å². The number of nitrogens with one attached hydrogen (secondary N) is 1. The van der Waals surface area contributed by atoms with Gasteiger partial charge in [0.2, 0.25) is 0 Å². The van der Waals surface area contributed by atoms with Crippen molar-refractivity contribution in [2.45, 2.75) is 31.3 Å². The van der Waals surface area contributed by atoms with Gasteiger partial charge in [0.1, 0.15) is 5.75 Å². The van der Waals surface area contributed by atoms with Crippen LogP contribution in [-0.4, -0.2) is 55.2 Å². The largest absolute Gasteiger partial charge is 0.508 e. The number of rotatable bonds is 4. The van der Waals surface area contributed by atoms with Gasteiger partial charge in [-0.15, -0.1) is 0 Å². The van der Waals surface area contributed by atoms with Gasteiger partial charge in [0.05, 0.1) is 12.7 Å². The molecule has 0 saturated heterocycles. The molecule has 1 saturated carbocycles. The summed E-state index contributed by atoms with van der Waals surface area (Å²) < 4.78 is 4.62. The van der Waals surface area contributed by atoms with Gasteiger partial charge in [0.25, 0.3) is 5.91 Å². The third-order valence-corrected chi connectivity index (χ3v) is 4.06. The fourth-order valence-corrected chi connectivity index (χ4v) is 2.96. The van der Waals surface area contributed by atoms with Gasteiger partial charge in [0, 0.05) is 17.6 Å². The minimum Gasteiger partial charge on any atom is -0.508 e. The molecule has 0 bridgehead atoms. The van der Waals surface area contributed by atoms with Crippen LogP contribution in [0.1, 0.15) is 40.0 Å². The number of methoxy groups -OCH3 is 1. The zero-order valence-corrected chi connectivity index (χ0v) is 13.1. The number of amides is 1. The molecule has 1 amide bonds. The van der Waals surface area contributed by atoms with Crippen molar-refractivity contribution >= 4 is 11.9 Å². The maximum Gasteiger partial charge on any atom is 0.338 e. The highest BCUT2D eigenvalue weighted by Gasteiger charge is 2.30. The van der Waals surface area contributed by atoms with Crippen LogP contribution in [0.15, 0.2) is 18.2 Å². The van der Waals surface area contributed by atoms with E-state index in [4.69, 9.17) is 0 Å². The smallest absolute Gasteiger partial charge is 0.338 e. The van der Waals surface area contributed by atoms with E-state index in [1.54, 1.807) is 0 Å². The summed E-state index contributed by atoms with van der Waals surface area (Å²) in [6, 6.07) is 4.44. The Balaban J connectivity index is 2.16. The zero-order chi connectivity index (χ0) is 16.3. The summed E-state index contributed by atoms with van der Waals surface area (Å²) >= 11 is 0. The zero-order valence-electron chi connectivity index (χ0n) is 13.1. The molecule has 6 nitrogen and oxygen atoms in total. The van der Waals surface area contributed by atoms with E-state index in [-0.39, 0.29) is 28.8 Å². The summed E-state index contributed by atoms with van der Waals surface area (Å²) in [4.78, 5) is 26.1. The first-order chi connectivity index (χ1) is 10.4. The number of likely N-dealkylation sites (N-methyl/N-ethyl adjacent to an activating group) is 1. The lowest BCUT2D eigenvalue weighted by atomic mass is 10.1. The highest BCUT2D eigenvalue weighted by atomic mass is 16.5. The van der Waals surface area contributed by atoms with Crippen LogP contribution in [0, 0.1) is 0 Å². The van der Waals surface area contributed by atoms with Crippen LogP contribution in [0.2, 0.25) is 0 Å². The number of ether oxygens (including phenoxy) is 1. The Hall–Kier alpha value is -2.08. The van der Waals surface area contributed by atoms with Crippen LogP contribution in [-0.2, 0) is 4.74 Å². The lowest BCUT2D eigenvalue weighted by molar-refractivity contribution is 0.0600. The molecule has 1 aliphatic carbocycles. The van der Waals surface area contributed by atoms with Gasteiger partial charge in [0.15, 0.2) is 0 Å². The lowest BCUT2D eigenvalue weighted by Gasteiger charge is -2.27. The number of carbonyl (C=O) groups excluding carboxylic acids is 2. The van der Waals surface area contributed by atoms with E-state index in [2.05, 4.69) is 15.0 Å². The molecule has 2 N–H and O–H groups in total. The summed E-state index contributed by atoms with van der Waals surface area (Å²) in [5, 5.41) is 12.7. The number of hydrogen-bond donors (Lipinski definition) is 2. The van der Waals surface area contributed by atoms with Crippen molar-refractivity contribution in [3.05, 3.63) is 29.3 Å². The number of nitrogens with zero attached hydrogens (tertiary/aromatic N) is 1. The van der Waals surface area contributed by atoms with E-state index in [0.29, 0.717) is 6.04 Å². The first-order valence-electron chi connectivity index (χ1n) is 7.32. The molecule has 2 atom stereocenters. The van der Waals surface area contributed by atoms with Gasteiger partial charge in [-0.25, -0.2) is 4.79 Å². The fourth-order valence-electron chi connectivity index (χ4n) is 2.96. The molecule has 0 spiro atoms. The van der Waals surface area contributed by atoms with E-state index in [0.717, 1.165) is 19.3 Å². The summed E-state index contributed by atoms with van der Waals surface area (Å²) in [5.41, 5.74) is 0.410. The van der Waals surface area contributed by atoms with Crippen molar-refractivity contribution in [1.82, 2.24) is 10.2 Å². The first kappa shape index (κ1) is 16.3. The molecule has 1 fully saturated rings. The van der Waals surface area contributed by atoms with Gasteiger partial charge in [-0.1, -0.05) is 0 Å². The fraction of sp³-hybridized carbons (Fsp3) is 0.500. The van der Waals surface area contributed by atoms with Crippen LogP contribution in [0.3, 0.4) is 0 Å². The topological polar surface area (TPSA) is 78.9 Å². The van der Waals surface area contributed by atoms with E-state index >= 15 is 0 Å². The first-order valence-corrected chi connectivity index (χ1v) is 7.32. The summed E-state index contributed by atoms with van der Waals surface area (Å²) in [6.45, 7) is 0. The van der Waals surface area contributed by atoms with Gasteiger partial charge in [-0.3, -0.25) is 4.79 Å². The molecule has 0 aromatic heterocycles. The van der Waals surface area contributed by atoms with E-state index < -0.39 is 5.97 Å². The van der Waals surface area contributed by atoms with E-state index in [9.17, 15) is 14.7 Å². The molecule has 2 rings (SSSR count). The minimum absolute atomic E-state index is 0.0754. The summed E-state index contributed by atoms with van der Waals surface area (Å²) in [6.07, 6.45) is 3.05. The third-order valence-electron chi connectivity index (χ3n) is 4.06. The monoisotopic (exact) mass is 306 g/mol. The molecule has 22 heavy (non-hydrogen) atoms. The van der Waals surface area contributed by atoms with Crippen molar-refractivity contribution < 1.29 is 19.4 Å². The van der Waals surface area contributed by atoms with Crippen molar-refractivity contribution in [3.63, 3.8) is 0 Å². The number of phenols is 1. The molecule has 120 valence electrons. The molecule has 1 aliphatic rings. The number of esters is 1. The highest BCUT2D eigenvalue weighted by molar-refractivity contribution is 5.98. The minimum atomic E-state index is -0.586. The molecule has 1 aromatic carbocycles. The molecule has 1 aromatic rings. The second-order valence-corrected chi connectivity index (χ2v) is 5.80. The van der Waals surface area contributed by atoms with Crippen molar-refractivity contribution in [2.75, 3.05) is 21.2 Å². The van der Waals surface area contributed by atoms with Crippen LogP contribution in [0.5, 0.6) is 5.75 Å². The Labute approximate surface area is 130 Å². The van der Waals surface area contributed by atoms with Crippen LogP contribution in [0.4, 0.5) is 0 Å². The highest BCUT2D eigenvalue weighted by Crippen LogP contribution is 2.23. The quantitative estimate of drug-likeness (QED) is 0.822. The van der Waals surface area contributed by atoms with Crippen LogP contribution >= 0.6 is 0 Å². The molecule has 0 unspecified atom stereocenters. The number of aromatic hydroxyl groups is 1. The van der Waals surface area contributed by atoms with Gasteiger partial charge < -0.3 is 20.1 Å². The summed E-state index contributed by atoms with van der Waals surface area (Å²) in [5.74, 6) is -1.01. The Morgan fingerprint density at radius 2 is 1.91 bits per heavy atom. The number of benzene rings is 1. The normalized spacial score (nSPS) is 20.9. The van der Waals surface area contributed by atoms with Crippen LogP contribution < -0.4 is 5.32 Å². The molecule has 0 heterocycles. The average Bonchev–Trinajstić information content (AvgIpc) is 2.94. The van der Waals surface area contributed by atoms with Gasteiger partial charge in [-0.05, 0) is 51.6 Å². The van der Waals surface area contributed by atoms with Crippen molar-refractivity contribution in [1.29, 1.82) is 0 Å². The predicted molar refractivity (Wildman–Crippen MR) is 82.0 cm³/mol. The Morgan fingerprint density at radius 1 is 1.23 bits per heavy atom. The maximum atomic E-state index is 12.4. The van der Waals surface area contributed by atoms with Gasteiger partial charge in [-0.2, -0.15) is 0 Å². The second-order valence-electron chi connectivity index (χ2n) is 5.80. The predicted octanol–water partition coefficient (Wildman–Crippen LogP) is 1.39. The van der Waals surface area contributed by atoms with E-state index in [1.807, 2.05) is 14.1 Å². The maximum absolute atomic E-state index is 12.4. The molecular formula is C16H22N2O4. The number of phenolic OH excluding ortho intramolecular Hbond substituents is 1. The third kappa shape index (κ3) is 3.57. The van der Waals surface area contributed by atoms with Crippen LogP contribution in [0.25, 0.3) is 0 Å². The second kappa shape index (κ2) is 6.79. The lowest BCUT2D eigenvalue weighted by Crippen LogP contribution is -2.46. The van der Waals surface area contributed by atoms with E-state index in [1.165, 1.54) is 25.3 Å². The van der Waals surface area contributed by atoms with Crippen molar-refractivity contribution in [2.24, 2.45) is 0 Å². The molecule has 0 radical (unpaired) electrons. The summed E-state index contributed by atoms with van der Waals surface area (Å²) in [7, 11) is 5.25.